The number of carbonyl (C=O) groups is 1. The van der Waals surface area contributed by atoms with Gasteiger partial charge in [0.05, 0.1) is 26.0 Å². The quantitative estimate of drug-likeness (QED) is 0.693. The molecular formula is C21H24N6O5S. The van der Waals surface area contributed by atoms with E-state index in [-0.39, 0.29) is 0 Å². The lowest BCUT2D eigenvalue weighted by atomic mass is 9.99. The first-order chi connectivity index (χ1) is 16.0. The number of hydrogen-bond donors (Lipinski definition) is 2. The molecule has 0 aliphatic carbocycles. The van der Waals surface area contributed by atoms with Gasteiger partial charge in [-0.15, -0.1) is 4.36 Å². The van der Waals surface area contributed by atoms with Gasteiger partial charge in [-0.2, -0.15) is 5.10 Å². The van der Waals surface area contributed by atoms with Crippen molar-refractivity contribution in [1.29, 1.82) is 0 Å². The predicted molar refractivity (Wildman–Crippen MR) is 123 cm³/mol. The van der Waals surface area contributed by atoms with Crippen LogP contribution < -0.4 is 19.9 Å². The second-order valence-electron chi connectivity index (χ2n) is 7.79. The Labute approximate surface area is 191 Å². The molecule has 0 radical (unpaired) electrons. The number of hydrogen-bond acceptors (Lipinski definition) is 8. The number of ether oxygens (including phenoxy) is 3. The number of anilines is 1. The number of methoxy groups -OCH3 is 1. The Balaban J connectivity index is 1.47. The van der Waals surface area contributed by atoms with Crippen LogP contribution in [0.5, 0.6) is 11.6 Å². The van der Waals surface area contributed by atoms with Crippen LogP contribution >= 0.6 is 0 Å². The van der Waals surface area contributed by atoms with Crippen LogP contribution in [-0.2, 0) is 21.1 Å². The molecule has 11 nitrogen and oxygen atoms in total. The molecule has 2 amide bonds. The second kappa shape index (κ2) is 8.61. The standard InChI is InChI=1S/C21H24N6O5S/c1-30-18-11-13(5-7-23-18)14-3-4-16-15(6-10-31-16)19(14)25-21(28)26-33(22,29)17-12-24-27-8-2-9-32-20(17)27/h3-5,7,11-12,17,20H,2,6,8-10H2,1H3,(H3,22,25,26,28,29). The van der Waals surface area contributed by atoms with Gasteiger partial charge in [0.25, 0.3) is 0 Å². The average Bonchev–Trinajstić information content (AvgIpc) is 3.46. The minimum atomic E-state index is -3.47. The van der Waals surface area contributed by atoms with E-state index in [4.69, 9.17) is 19.3 Å². The molecule has 0 bridgehead atoms. The fourth-order valence-electron chi connectivity index (χ4n) is 4.18. The van der Waals surface area contributed by atoms with Crippen molar-refractivity contribution in [2.45, 2.75) is 24.3 Å². The molecule has 1 fully saturated rings. The summed E-state index contributed by atoms with van der Waals surface area (Å²) >= 11 is 0. The summed E-state index contributed by atoms with van der Waals surface area (Å²) in [7, 11) is -1.93. The zero-order valence-corrected chi connectivity index (χ0v) is 18.8. The molecule has 174 valence electrons. The fraction of sp³-hybridized carbons (Fsp3) is 0.381. The third-order valence-corrected chi connectivity index (χ3v) is 7.32. The second-order valence-corrected chi connectivity index (χ2v) is 9.75. The number of nitrogens with one attached hydrogen (secondary N) is 1. The third-order valence-electron chi connectivity index (χ3n) is 5.74. The van der Waals surface area contributed by atoms with E-state index in [1.54, 1.807) is 17.3 Å². The lowest BCUT2D eigenvalue weighted by Crippen LogP contribution is -2.48. The molecule has 1 saturated heterocycles. The van der Waals surface area contributed by atoms with E-state index < -0.39 is 27.4 Å². The summed E-state index contributed by atoms with van der Waals surface area (Å²) in [5, 5.41) is 13.9. The molecule has 1 aromatic heterocycles. The molecule has 3 N–H and O–H groups in total. The van der Waals surface area contributed by atoms with E-state index in [0.717, 1.165) is 23.1 Å². The molecule has 2 aromatic rings. The van der Waals surface area contributed by atoms with Crippen molar-refractivity contribution in [3.05, 3.63) is 36.0 Å². The molecule has 3 aliphatic heterocycles. The largest absolute Gasteiger partial charge is 0.493 e. The topological polar surface area (TPSA) is 141 Å². The van der Waals surface area contributed by atoms with E-state index >= 15 is 0 Å². The summed E-state index contributed by atoms with van der Waals surface area (Å²) in [4.78, 5) is 17.1. The zero-order chi connectivity index (χ0) is 23.0. The number of carbonyl (C=O) groups excluding carboxylic acids is 1. The molecule has 3 aliphatic rings. The number of nitrogens with two attached hydrogens (primary N) is 1. The Kier molecular flexibility index (Phi) is 5.64. The number of amides is 2. The normalized spacial score (nSPS) is 22.7. The first kappa shape index (κ1) is 21.6. The highest BCUT2D eigenvalue weighted by atomic mass is 32.2. The maximum absolute atomic E-state index is 13.2. The predicted octanol–water partition coefficient (Wildman–Crippen LogP) is 1.98. The van der Waals surface area contributed by atoms with Crippen molar-refractivity contribution in [2.75, 3.05) is 32.2 Å². The van der Waals surface area contributed by atoms with Crippen molar-refractivity contribution in [3.63, 3.8) is 0 Å². The smallest absolute Gasteiger partial charge is 0.354 e. The summed E-state index contributed by atoms with van der Waals surface area (Å²) in [6.07, 6.45) is 3.92. The third kappa shape index (κ3) is 4.12. The lowest BCUT2D eigenvalue weighted by Gasteiger charge is -2.31. The highest BCUT2D eigenvalue weighted by molar-refractivity contribution is 7.93. The minimum absolute atomic E-state index is 0.439. The van der Waals surface area contributed by atoms with Gasteiger partial charge in [-0.25, -0.2) is 19.1 Å². The van der Waals surface area contributed by atoms with Crippen molar-refractivity contribution >= 4 is 27.8 Å². The van der Waals surface area contributed by atoms with Crippen LogP contribution in [0.1, 0.15) is 12.0 Å². The molecular weight excluding hydrogens is 448 g/mol. The number of aromatic nitrogens is 1. The summed E-state index contributed by atoms with van der Waals surface area (Å²) in [5.74, 6) is 1.12. The molecule has 12 heteroatoms. The SMILES string of the molecule is COc1cc(-c2ccc3c(c2NC(=O)N=S(N)(=O)C2C=NN4CCCOC24)CCO3)ccn1. The lowest BCUT2D eigenvalue weighted by molar-refractivity contribution is -0.0775. The van der Waals surface area contributed by atoms with Gasteiger partial charge >= 0.3 is 6.03 Å². The molecule has 4 heterocycles. The fourth-order valence-corrected chi connectivity index (χ4v) is 5.39. The number of hydrazone groups is 1. The number of rotatable bonds is 4. The van der Waals surface area contributed by atoms with Crippen LogP contribution in [0.4, 0.5) is 10.5 Å². The highest BCUT2D eigenvalue weighted by Crippen LogP contribution is 2.40. The molecule has 5 rings (SSSR count). The number of pyridine rings is 1. The number of fused-ring (bicyclic) bond motifs is 2. The van der Waals surface area contributed by atoms with E-state index in [1.165, 1.54) is 13.3 Å². The van der Waals surface area contributed by atoms with Gasteiger partial charge in [0, 0.05) is 42.6 Å². The van der Waals surface area contributed by atoms with E-state index in [9.17, 15) is 9.00 Å². The summed E-state index contributed by atoms with van der Waals surface area (Å²) in [6, 6.07) is 6.45. The minimum Gasteiger partial charge on any atom is -0.493 e. The molecule has 33 heavy (non-hydrogen) atoms. The number of urea groups is 1. The van der Waals surface area contributed by atoms with Crippen LogP contribution in [0.25, 0.3) is 11.1 Å². The van der Waals surface area contributed by atoms with E-state index in [2.05, 4.69) is 19.8 Å². The van der Waals surface area contributed by atoms with Crippen LogP contribution in [0, 0.1) is 0 Å². The molecule has 3 atom stereocenters. The van der Waals surface area contributed by atoms with Crippen LogP contribution in [0.2, 0.25) is 0 Å². The number of benzene rings is 1. The van der Waals surface area contributed by atoms with Crippen LogP contribution in [-0.4, -0.2) is 64.8 Å². The molecule has 0 spiro atoms. The summed E-state index contributed by atoms with van der Waals surface area (Å²) < 4.78 is 33.6. The van der Waals surface area contributed by atoms with Crippen molar-refractivity contribution in [2.24, 2.45) is 14.6 Å². The van der Waals surface area contributed by atoms with Gasteiger partial charge in [-0.3, -0.25) is 5.01 Å². The summed E-state index contributed by atoms with van der Waals surface area (Å²) in [5.41, 5.74) is 2.88. The first-order valence-electron chi connectivity index (χ1n) is 10.5. The van der Waals surface area contributed by atoms with E-state index in [1.807, 2.05) is 18.2 Å². The maximum Gasteiger partial charge on any atom is 0.354 e. The van der Waals surface area contributed by atoms with Crippen molar-refractivity contribution in [3.8, 4) is 22.8 Å². The highest BCUT2D eigenvalue weighted by Gasteiger charge is 2.40. The van der Waals surface area contributed by atoms with Gasteiger partial charge < -0.3 is 19.5 Å². The van der Waals surface area contributed by atoms with Crippen molar-refractivity contribution in [1.82, 2.24) is 9.99 Å². The van der Waals surface area contributed by atoms with Gasteiger partial charge in [0.15, 0.2) is 6.23 Å². The first-order valence-corrected chi connectivity index (χ1v) is 12.2. The Morgan fingerprint density at radius 3 is 3.09 bits per heavy atom. The Morgan fingerprint density at radius 2 is 2.24 bits per heavy atom. The molecule has 3 unspecified atom stereocenters. The maximum atomic E-state index is 13.2. The van der Waals surface area contributed by atoms with Gasteiger partial charge in [0.2, 0.25) is 5.88 Å². The molecule has 0 saturated carbocycles. The molecule has 1 aromatic carbocycles. The van der Waals surface area contributed by atoms with Crippen LogP contribution in [0.15, 0.2) is 39.9 Å². The van der Waals surface area contributed by atoms with Crippen LogP contribution in [0.3, 0.4) is 0 Å². The van der Waals surface area contributed by atoms with E-state index in [0.29, 0.717) is 43.5 Å². The van der Waals surface area contributed by atoms with Gasteiger partial charge in [-0.1, -0.05) is 0 Å². The monoisotopic (exact) mass is 472 g/mol. The Bertz CT molecular complexity index is 1240. The van der Waals surface area contributed by atoms with Crippen molar-refractivity contribution < 1.29 is 23.2 Å². The van der Waals surface area contributed by atoms with Gasteiger partial charge in [0.1, 0.15) is 20.9 Å². The number of nitrogens with zero attached hydrogens (tertiary/aromatic N) is 4. The van der Waals surface area contributed by atoms with Gasteiger partial charge in [-0.05, 0) is 30.2 Å². The Hall–Kier alpha value is -3.22. The summed E-state index contributed by atoms with van der Waals surface area (Å²) in [6.45, 7) is 1.69. The average molecular weight is 473 g/mol. The Morgan fingerprint density at radius 1 is 1.36 bits per heavy atom. The zero-order valence-electron chi connectivity index (χ0n) is 18.0.